The maximum Gasteiger partial charge on any atom is 0.285 e. The van der Waals surface area contributed by atoms with E-state index in [0.717, 1.165) is 0 Å². The van der Waals surface area contributed by atoms with E-state index in [1.165, 1.54) is 4.68 Å². The van der Waals surface area contributed by atoms with Gasteiger partial charge in [0.25, 0.3) is 5.56 Å². The fourth-order valence-corrected chi connectivity index (χ4v) is 1.23. The molecule has 80 valence electrons. The fourth-order valence-electron chi connectivity index (χ4n) is 1.23. The number of hydrogen-bond donors (Lipinski definition) is 0. The van der Waals surface area contributed by atoms with Crippen LogP contribution in [0.5, 0.6) is 0 Å². The summed E-state index contributed by atoms with van der Waals surface area (Å²) in [5.41, 5.74) is 1.16. The third-order valence-corrected chi connectivity index (χ3v) is 2.26. The van der Waals surface area contributed by atoms with Gasteiger partial charge in [-0.25, -0.2) is 4.68 Å². The Morgan fingerprint density at radius 3 is 2.73 bits per heavy atom. The summed E-state index contributed by atoms with van der Waals surface area (Å²) in [5, 5.41) is 12.9. The molecule has 0 saturated carbocycles. The molecule has 0 aliphatic heterocycles. The van der Waals surface area contributed by atoms with E-state index in [4.69, 9.17) is 10.00 Å². The predicted molar refractivity (Wildman–Crippen MR) is 54.6 cm³/mol. The van der Waals surface area contributed by atoms with Gasteiger partial charge in [0.05, 0.1) is 18.8 Å². The van der Waals surface area contributed by atoms with Crippen molar-refractivity contribution < 1.29 is 4.74 Å². The molecule has 0 radical (unpaired) electrons. The van der Waals surface area contributed by atoms with Crippen molar-refractivity contribution in [3.05, 3.63) is 27.2 Å². The van der Waals surface area contributed by atoms with Gasteiger partial charge in [-0.05, 0) is 19.4 Å². The van der Waals surface area contributed by atoms with E-state index in [1.807, 2.05) is 6.07 Å². The van der Waals surface area contributed by atoms with E-state index in [-0.39, 0.29) is 11.1 Å². The number of aryl methyl sites for hydroxylation is 1. The predicted octanol–water partition coefficient (Wildman–Crippen LogP) is 0.378. The Bertz CT molecular complexity index is 457. The first-order valence-electron chi connectivity index (χ1n) is 4.59. The lowest BCUT2D eigenvalue weighted by molar-refractivity contribution is 0.181. The first-order chi connectivity index (χ1) is 7.11. The summed E-state index contributed by atoms with van der Waals surface area (Å²) in [7, 11) is 1.55. The molecule has 0 atom stereocenters. The zero-order valence-electron chi connectivity index (χ0n) is 9.07. The van der Waals surface area contributed by atoms with Gasteiger partial charge >= 0.3 is 0 Å². The second kappa shape index (κ2) is 4.71. The molecule has 15 heavy (non-hydrogen) atoms. The number of methoxy groups -OCH3 is 1. The highest BCUT2D eigenvalue weighted by Gasteiger charge is 2.10. The summed E-state index contributed by atoms with van der Waals surface area (Å²) >= 11 is 0. The van der Waals surface area contributed by atoms with Crippen molar-refractivity contribution in [3.8, 4) is 6.07 Å². The first-order valence-corrected chi connectivity index (χ1v) is 4.59. The van der Waals surface area contributed by atoms with Crippen LogP contribution in [0.25, 0.3) is 0 Å². The van der Waals surface area contributed by atoms with Crippen molar-refractivity contribution >= 4 is 0 Å². The second-order valence-electron chi connectivity index (χ2n) is 3.22. The molecule has 0 N–H and O–H groups in total. The van der Waals surface area contributed by atoms with Crippen molar-refractivity contribution in [1.82, 2.24) is 9.78 Å². The van der Waals surface area contributed by atoms with Crippen LogP contribution in [-0.2, 0) is 11.3 Å². The zero-order valence-corrected chi connectivity index (χ0v) is 9.07. The minimum Gasteiger partial charge on any atom is -0.383 e. The molecule has 0 aliphatic carbocycles. The van der Waals surface area contributed by atoms with Crippen molar-refractivity contribution in [2.75, 3.05) is 13.7 Å². The molecule has 0 spiro atoms. The lowest BCUT2D eigenvalue weighted by atomic mass is 10.1. The Labute approximate surface area is 87.9 Å². The SMILES string of the molecule is COCCn1nc(C)c(C)c(C#N)c1=O. The van der Waals surface area contributed by atoms with Gasteiger partial charge in [-0.2, -0.15) is 10.4 Å². The van der Waals surface area contributed by atoms with Gasteiger partial charge in [-0.15, -0.1) is 0 Å². The Morgan fingerprint density at radius 2 is 2.20 bits per heavy atom. The number of nitriles is 1. The second-order valence-corrected chi connectivity index (χ2v) is 3.22. The lowest BCUT2D eigenvalue weighted by Gasteiger charge is -2.07. The van der Waals surface area contributed by atoms with Gasteiger partial charge in [0.2, 0.25) is 0 Å². The Kier molecular flexibility index (Phi) is 3.58. The number of rotatable bonds is 3. The quantitative estimate of drug-likeness (QED) is 0.718. The van der Waals surface area contributed by atoms with Crippen LogP contribution >= 0.6 is 0 Å². The van der Waals surface area contributed by atoms with Gasteiger partial charge in [-0.1, -0.05) is 0 Å². The van der Waals surface area contributed by atoms with Crippen molar-refractivity contribution in [3.63, 3.8) is 0 Å². The Hall–Kier alpha value is -1.67. The van der Waals surface area contributed by atoms with Crippen LogP contribution in [0.4, 0.5) is 0 Å². The summed E-state index contributed by atoms with van der Waals surface area (Å²) < 4.78 is 6.13. The Balaban J connectivity index is 3.26. The highest BCUT2D eigenvalue weighted by molar-refractivity contribution is 5.36. The van der Waals surface area contributed by atoms with E-state index in [9.17, 15) is 4.79 Å². The molecular formula is C10H13N3O2. The van der Waals surface area contributed by atoms with E-state index >= 15 is 0 Å². The van der Waals surface area contributed by atoms with Gasteiger partial charge in [0, 0.05) is 7.11 Å². The van der Waals surface area contributed by atoms with Crippen molar-refractivity contribution in [1.29, 1.82) is 5.26 Å². The molecule has 0 bridgehead atoms. The van der Waals surface area contributed by atoms with Crippen molar-refractivity contribution in [2.45, 2.75) is 20.4 Å². The van der Waals surface area contributed by atoms with Crippen molar-refractivity contribution in [2.24, 2.45) is 0 Å². The third-order valence-electron chi connectivity index (χ3n) is 2.26. The van der Waals surface area contributed by atoms with Crippen LogP contribution in [-0.4, -0.2) is 23.5 Å². The van der Waals surface area contributed by atoms with Gasteiger partial charge in [0.1, 0.15) is 11.6 Å². The van der Waals surface area contributed by atoms with Crippen LogP contribution in [0.1, 0.15) is 16.8 Å². The van der Waals surface area contributed by atoms with Gasteiger partial charge < -0.3 is 4.74 Å². The van der Waals surface area contributed by atoms with E-state index < -0.39 is 0 Å². The van der Waals surface area contributed by atoms with Crippen LogP contribution in [0, 0.1) is 25.2 Å². The molecule has 0 aromatic carbocycles. The lowest BCUT2D eigenvalue weighted by Crippen LogP contribution is -2.28. The normalized spacial score (nSPS) is 10.0. The average Bonchev–Trinajstić information content (AvgIpc) is 2.22. The molecule has 0 unspecified atom stereocenters. The third kappa shape index (κ3) is 2.22. The Morgan fingerprint density at radius 1 is 1.53 bits per heavy atom. The van der Waals surface area contributed by atoms with Gasteiger partial charge in [0.15, 0.2) is 0 Å². The monoisotopic (exact) mass is 207 g/mol. The smallest absolute Gasteiger partial charge is 0.285 e. The topological polar surface area (TPSA) is 67.9 Å². The maximum atomic E-state index is 11.7. The van der Waals surface area contributed by atoms with E-state index in [1.54, 1.807) is 21.0 Å². The number of ether oxygens (including phenoxy) is 1. The standard InChI is InChI=1S/C10H13N3O2/c1-7-8(2)12-13(4-5-15-3)10(14)9(7)6-11/h4-5H2,1-3H3. The minimum atomic E-state index is -0.349. The molecule has 1 rings (SSSR count). The number of hydrogen-bond acceptors (Lipinski definition) is 4. The summed E-state index contributed by atoms with van der Waals surface area (Å²) in [5.74, 6) is 0. The summed E-state index contributed by atoms with van der Waals surface area (Å²) in [4.78, 5) is 11.7. The van der Waals surface area contributed by atoms with Crippen LogP contribution < -0.4 is 5.56 Å². The molecule has 5 nitrogen and oxygen atoms in total. The summed E-state index contributed by atoms with van der Waals surface area (Å²) in [6.07, 6.45) is 0. The largest absolute Gasteiger partial charge is 0.383 e. The number of aromatic nitrogens is 2. The van der Waals surface area contributed by atoms with Crippen LogP contribution in [0.2, 0.25) is 0 Å². The molecular weight excluding hydrogens is 194 g/mol. The molecule has 0 fully saturated rings. The highest BCUT2D eigenvalue weighted by Crippen LogP contribution is 2.04. The first kappa shape index (κ1) is 11.4. The molecule has 0 amide bonds. The zero-order chi connectivity index (χ0) is 11.4. The average molecular weight is 207 g/mol. The summed E-state index contributed by atoms with van der Waals surface area (Å²) in [6, 6.07) is 1.91. The van der Waals surface area contributed by atoms with E-state index in [2.05, 4.69) is 5.10 Å². The molecule has 1 aromatic heterocycles. The van der Waals surface area contributed by atoms with E-state index in [0.29, 0.717) is 24.4 Å². The molecule has 1 heterocycles. The highest BCUT2D eigenvalue weighted by atomic mass is 16.5. The van der Waals surface area contributed by atoms with Crippen LogP contribution in [0.3, 0.4) is 0 Å². The van der Waals surface area contributed by atoms with Gasteiger partial charge in [-0.3, -0.25) is 4.79 Å². The number of nitrogens with zero attached hydrogens (tertiary/aromatic N) is 3. The molecule has 0 saturated heterocycles. The summed E-state index contributed by atoms with van der Waals surface area (Å²) in [6.45, 7) is 4.27. The molecule has 1 aromatic rings. The van der Waals surface area contributed by atoms with Crippen LogP contribution in [0.15, 0.2) is 4.79 Å². The maximum absolute atomic E-state index is 11.7. The fraction of sp³-hybridized carbons (Fsp3) is 0.500. The molecule has 0 aliphatic rings. The molecule has 5 heteroatoms. The minimum absolute atomic E-state index is 0.165.